The molecule has 2 unspecified atom stereocenters. The van der Waals surface area contributed by atoms with Gasteiger partial charge in [0.1, 0.15) is 0 Å². The van der Waals surface area contributed by atoms with Crippen molar-refractivity contribution in [3.05, 3.63) is 70.1 Å². The SMILES string of the molecule is CC(=O)Nc1ccc(CS(=O)[O-])c(C2CN(/C(C=N)=C(\O[I-]C3(C)CC3)C(=O)Nc3cccc(Cl)c3)CC[NH2+]2)c1. The summed E-state index contributed by atoms with van der Waals surface area (Å²) in [7, 11) is 0. The van der Waals surface area contributed by atoms with Gasteiger partial charge in [0.15, 0.2) is 0 Å². The van der Waals surface area contributed by atoms with E-state index in [1.165, 1.54) is 6.92 Å². The molecule has 1 aliphatic heterocycles. The third-order valence-corrected chi connectivity index (χ3v) is 10.2. The molecule has 1 heterocycles. The second-order valence-corrected chi connectivity index (χ2v) is 14.8. The van der Waals surface area contributed by atoms with Crippen LogP contribution in [0, 0.1) is 5.41 Å². The molecule has 2 aliphatic rings. The van der Waals surface area contributed by atoms with Crippen molar-refractivity contribution >= 4 is 52.1 Å². The minimum absolute atomic E-state index is 0.101. The minimum atomic E-state index is -2.30. The van der Waals surface area contributed by atoms with Gasteiger partial charge >= 0.3 is 253 Å². The molecule has 2 amide bonds. The topological polar surface area (TPSA) is 151 Å². The zero-order valence-corrected chi connectivity index (χ0v) is 25.9. The summed E-state index contributed by atoms with van der Waals surface area (Å²) in [6.45, 7) is 5.16. The van der Waals surface area contributed by atoms with Crippen LogP contribution in [0.5, 0.6) is 0 Å². The van der Waals surface area contributed by atoms with Crippen LogP contribution < -0.4 is 37.6 Å². The summed E-state index contributed by atoms with van der Waals surface area (Å²) >= 11 is 3.01. The average Bonchev–Trinajstić information content (AvgIpc) is 3.64. The number of amides is 2. The molecule has 40 heavy (non-hydrogen) atoms. The average molecular weight is 701 g/mol. The predicted octanol–water partition coefficient (Wildman–Crippen LogP) is -0.329. The van der Waals surface area contributed by atoms with E-state index in [0.717, 1.165) is 24.6 Å². The van der Waals surface area contributed by atoms with E-state index in [4.69, 9.17) is 20.1 Å². The van der Waals surface area contributed by atoms with E-state index in [-0.39, 0.29) is 26.9 Å². The van der Waals surface area contributed by atoms with E-state index in [1.54, 1.807) is 42.5 Å². The number of nitrogens with zero attached hydrogens (tertiary/aromatic N) is 1. The van der Waals surface area contributed by atoms with Gasteiger partial charge in [-0.15, -0.1) is 0 Å². The van der Waals surface area contributed by atoms with Crippen LogP contribution in [0.1, 0.15) is 43.9 Å². The molecule has 2 aromatic carbocycles. The maximum atomic E-state index is 13.5. The zero-order valence-electron chi connectivity index (χ0n) is 22.2. The van der Waals surface area contributed by atoms with Crippen molar-refractivity contribution < 1.29 is 48.4 Å². The summed E-state index contributed by atoms with van der Waals surface area (Å²) in [6, 6.07) is 11.8. The van der Waals surface area contributed by atoms with Crippen molar-refractivity contribution in [1.82, 2.24) is 4.90 Å². The fourth-order valence-corrected chi connectivity index (χ4v) is 6.98. The molecule has 2 fully saturated rings. The maximum absolute atomic E-state index is 13.5. The molecule has 13 heteroatoms. The second-order valence-electron chi connectivity index (χ2n) is 10.0. The van der Waals surface area contributed by atoms with Gasteiger partial charge in [0.05, 0.1) is 0 Å². The Morgan fingerprint density at radius 3 is 2.67 bits per heavy atom. The first-order valence-corrected chi connectivity index (χ1v) is 16.3. The summed E-state index contributed by atoms with van der Waals surface area (Å²) in [5.41, 5.74) is 2.87. The third kappa shape index (κ3) is 8.26. The van der Waals surface area contributed by atoms with Gasteiger partial charge in [-0.2, -0.15) is 0 Å². The van der Waals surface area contributed by atoms with Crippen LogP contribution in [0.15, 0.2) is 53.9 Å². The van der Waals surface area contributed by atoms with Gasteiger partial charge in [-0.3, -0.25) is 0 Å². The molecule has 1 saturated carbocycles. The molecule has 0 bridgehead atoms. The number of quaternary nitrogens is 1. The molecule has 1 saturated heterocycles. The Hall–Kier alpha value is -2.52. The monoisotopic (exact) mass is 700 g/mol. The van der Waals surface area contributed by atoms with E-state index in [0.29, 0.717) is 47.3 Å². The first-order valence-electron chi connectivity index (χ1n) is 12.8. The van der Waals surface area contributed by atoms with Gasteiger partial charge in [0.25, 0.3) is 0 Å². The van der Waals surface area contributed by atoms with Crippen molar-refractivity contribution in [2.75, 3.05) is 30.3 Å². The van der Waals surface area contributed by atoms with E-state index < -0.39 is 38.6 Å². The first kappa shape index (κ1) is 30.4. The molecule has 0 spiro atoms. The summed E-state index contributed by atoms with van der Waals surface area (Å²) in [6.07, 6.45) is 3.26. The number of allylic oxidation sites excluding steroid dienone is 1. The number of carbonyl (C=O) groups is 2. The van der Waals surface area contributed by atoms with Crippen molar-refractivity contribution in [2.45, 2.75) is 41.9 Å². The fraction of sp³-hybridized carbons (Fsp3) is 0.370. The normalized spacial score (nSPS) is 19.3. The molecule has 0 aromatic heterocycles. The number of rotatable bonds is 11. The van der Waals surface area contributed by atoms with E-state index >= 15 is 0 Å². The number of carbonyl (C=O) groups excluding carboxylic acids is 2. The summed E-state index contributed by atoms with van der Waals surface area (Å²) < 4.78 is 29.5. The predicted molar refractivity (Wildman–Crippen MR) is 149 cm³/mol. The van der Waals surface area contributed by atoms with Crippen LogP contribution in [0.25, 0.3) is 0 Å². The number of hydrogen-bond acceptors (Lipinski definition) is 7. The van der Waals surface area contributed by atoms with Gasteiger partial charge in [0, 0.05) is 0 Å². The molecule has 0 radical (unpaired) electrons. The molecule has 1 aliphatic carbocycles. The number of halogens is 2. The Morgan fingerprint density at radius 2 is 2.02 bits per heavy atom. The standard InChI is InChI=1S/C27H32ClIN5O5S/c1-17(35)32-21-7-6-18(16-40(37)38)22(13-21)23-15-34(11-10-31-23)24(14-30)25(39-29-27(2)8-9-27)26(36)33-20-5-3-4-19(28)12-20/h3-7,12-14,23,30-31H,8-11,15-16H2,1-2H3,(H,32,35)(H,33,36)(H,37,38)/q-1/b25-24-,30-14?. The number of benzene rings is 2. The van der Waals surface area contributed by atoms with Gasteiger partial charge < -0.3 is 0 Å². The van der Waals surface area contributed by atoms with Crippen LogP contribution in [0.2, 0.25) is 5.02 Å². The fourth-order valence-electron chi connectivity index (χ4n) is 4.38. The molecular weight excluding hydrogens is 669 g/mol. The van der Waals surface area contributed by atoms with Gasteiger partial charge in [-0.05, 0) is 0 Å². The van der Waals surface area contributed by atoms with Gasteiger partial charge in [-0.25, -0.2) is 0 Å². The molecule has 2 aromatic rings. The molecule has 2 atom stereocenters. The van der Waals surface area contributed by atoms with Crippen molar-refractivity contribution in [1.29, 1.82) is 5.41 Å². The number of nitrogens with two attached hydrogens (primary N) is 1. The van der Waals surface area contributed by atoms with Crippen molar-refractivity contribution in [3.63, 3.8) is 0 Å². The summed E-state index contributed by atoms with van der Waals surface area (Å²) in [5, 5.41) is 16.5. The van der Waals surface area contributed by atoms with Gasteiger partial charge in [-0.1, -0.05) is 0 Å². The molecule has 216 valence electrons. The quantitative estimate of drug-likeness (QED) is 0.0630. The summed E-state index contributed by atoms with van der Waals surface area (Å²) in [4.78, 5) is 27.1. The number of alkyl halides is 1. The van der Waals surface area contributed by atoms with Crippen LogP contribution in [-0.4, -0.2) is 54.7 Å². The van der Waals surface area contributed by atoms with Crippen molar-refractivity contribution in [3.8, 4) is 0 Å². The Labute approximate surface area is 251 Å². The Bertz CT molecular complexity index is 1350. The van der Waals surface area contributed by atoms with E-state index in [2.05, 4.69) is 22.9 Å². The first-order chi connectivity index (χ1) is 19.1. The van der Waals surface area contributed by atoms with E-state index in [9.17, 15) is 18.4 Å². The number of piperazine rings is 1. The number of nitrogens with one attached hydrogen (secondary N) is 3. The van der Waals surface area contributed by atoms with Crippen molar-refractivity contribution in [2.24, 2.45) is 0 Å². The molecule has 10 nitrogen and oxygen atoms in total. The van der Waals surface area contributed by atoms with Gasteiger partial charge in [0.2, 0.25) is 0 Å². The molecular formula is C27H32ClIN5O5S-. The second kappa shape index (κ2) is 13.4. The zero-order chi connectivity index (χ0) is 28.9. The Balaban J connectivity index is 1.66. The number of hydrogen-bond donors (Lipinski definition) is 4. The summed E-state index contributed by atoms with van der Waals surface area (Å²) in [5.74, 6) is -0.739. The third-order valence-electron chi connectivity index (χ3n) is 6.65. The Morgan fingerprint density at radius 1 is 1.27 bits per heavy atom. The molecule has 4 rings (SSSR count). The van der Waals surface area contributed by atoms with Crippen LogP contribution in [0.3, 0.4) is 0 Å². The number of anilines is 2. The van der Waals surface area contributed by atoms with E-state index in [1.807, 2.05) is 4.90 Å². The van der Waals surface area contributed by atoms with Crippen LogP contribution >= 0.6 is 11.6 Å². The Kier molecular flexibility index (Phi) is 10.2. The van der Waals surface area contributed by atoms with Crippen LogP contribution in [-0.2, 0) is 29.5 Å². The van der Waals surface area contributed by atoms with Crippen LogP contribution in [0.4, 0.5) is 11.4 Å². The molecule has 5 N–H and O–H groups in total.